The van der Waals surface area contributed by atoms with Gasteiger partial charge >= 0.3 is 0 Å². The van der Waals surface area contributed by atoms with Crippen molar-refractivity contribution in [1.29, 1.82) is 5.41 Å². The first-order valence-corrected chi connectivity index (χ1v) is 7.26. The quantitative estimate of drug-likeness (QED) is 0.654. The molecule has 4 nitrogen and oxygen atoms in total. The van der Waals surface area contributed by atoms with Gasteiger partial charge in [-0.1, -0.05) is 0 Å². The third-order valence-electron chi connectivity index (χ3n) is 3.64. The Morgan fingerprint density at radius 2 is 2.10 bits per heavy atom. The number of amidine groups is 1. The van der Waals surface area contributed by atoms with E-state index >= 15 is 0 Å². The minimum absolute atomic E-state index is 0.157. The highest BCUT2D eigenvalue weighted by Crippen LogP contribution is 2.29. The van der Waals surface area contributed by atoms with Gasteiger partial charge in [0.1, 0.15) is 5.84 Å². The summed E-state index contributed by atoms with van der Waals surface area (Å²) in [7, 11) is 0. The summed E-state index contributed by atoms with van der Waals surface area (Å²) in [6.45, 7) is 0. The monoisotopic (exact) mass is 336 g/mol. The van der Waals surface area contributed by atoms with Gasteiger partial charge in [0.2, 0.25) is 0 Å². The molecule has 0 saturated carbocycles. The Morgan fingerprint density at radius 1 is 1.35 bits per heavy atom. The number of rotatable bonds is 2. The molecule has 0 amide bonds. The van der Waals surface area contributed by atoms with E-state index in [0.29, 0.717) is 11.3 Å². The zero-order valence-electron chi connectivity index (χ0n) is 10.8. The Kier molecular flexibility index (Phi) is 3.33. The van der Waals surface area contributed by atoms with Gasteiger partial charge in [-0.15, -0.1) is 0 Å². The Balaban J connectivity index is 2.14. The van der Waals surface area contributed by atoms with Crippen LogP contribution in [0.5, 0.6) is 0 Å². The molecule has 0 unspecified atom stereocenters. The lowest BCUT2D eigenvalue weighted by atomic mass is 10.0. The van der Waals surface area contributed by atoms with Gasteiger partial charge in [0.05, 0.1) is 22.2 Å². The lowest BCUT2D eigenvalue weighted by Gasteiger charge is -2.15. The van der Waals surface area contributed by atoms with E-state index in [9.17, 15) is 4.39 Å². The molecule has 0 atom stereocenters. The van der Waals surface area contributed by atoms with Crippen LogP contribution in [0, 0.1) is 11.2 Å². The summed E-state index contributed by atoms with van der Waals surface area (Å²) < 4.78 is 16.5. The molecule has 1 aromatic carbocycles. The van der Waals surface area contributed by atoms with Crippen LogP contribution in [0.25, 0.3) is 5.69 Å². The second kappa shape index (κ2) is 5.01. The maximum atomic E-state index is 14.5. The molecule has 3 N–H and O–H groups in total. The molecule has 0 spiro atoms. The first-order chi connectivity index (χ1) is 9.59. The normalized spacial score (nSPS) is 14.1. The van der Waals surface area contributed by atoms with Crippen LogP contribution in [0.3, 0.4) is 0 Å². The summed E-state index contributed by atoms with van der Waals surface area (Å²) in [6, 6.07) is 3.30. The van der Waals surface area contributed by atoms with E-state index in [1.54, 1.807) is 23.0 Å². The van der Waals surface area contributed by atoms with Gasteiger partial charge in [-0.3, -0.25) is 5.41 Å². The minimum atomic E-state index is -0.413. The lowest BCUT2D eigenvalue weighted by Crippen LogP contribution is -2.14. The predicted molar refractivity (Wildman–Crippen MR) is 78.9 cm³/mol. The number of aromatic nitrogens is 2. The molecule has 3 rings (SSSR count). The molecule has 6 heteroatoms. The number of nitrogens with zero attached hydrogens (tertiary/aromatic N) is 2. The Labute approximate surface area is 124 Å². The standard InChI is InChI=1S/C14H14BrFN4/c15-12-8(14(17)18)5-6-11(13(12)16)20-7-19-9-3-1-2-4-10(9)20/h5-7H,1-4H2,(H3,17,18). The van der Waals surface area contributed by atoms with Crippen molar-refractivity contribution in [2.45, 2.75) is 25.7 Å². The van der Waals surface area contributed by atoms with Gasteiger partial charge in [0, 0.05) is 11.3 Å². The maximum absolute atomic E-state index is 14.5. The highest BCUT2D eigenvalue weighted by molar-refractivity contribution is 9.10. The Hall–Kier alpha value is -1.69. The number of benzene rings is 1. The number of fused-ring (bicyclic) bond motifs is 1. The van der Waals surface area contributed by atoms with Gasteiger partial charge in [-0.25, -0.2) is 9.37 Å². The third-order valence-corrected chi connectivity index (χ3v) is 4.42. The lowest BCUT2D eigenvalue weighted by molar-refractivity contribution is 0.602. The molecule has 0 fully saturated rings. The van der Waals surface area contributed by atoms with Crippen molar-refractivity contribution in [1.82, 2.24) is 9.55 Å². The smallest absolute Gasteiger partial charge is 0.162 e. The molecule has 104 valence electrons. The van der Waals surface area contributed by atoms with Gasteiger partial charge in [0.25, 0.3) is 0 Å². The van der Waals surface area contributed by atoms with E-state index in [-0.39, 0.29) is 10.3 Å². The van der Waals surface area contributed by atoms with Gasteiger partial charge in [0.15, 0.2) is 5.82 Å². The van der Waals surface area contributed by atoms with E-state index < -0.39 is 5.82 Å². The molecule has 0 saturated heterocycles. The van der Waals surface area contributed by atoms with Crippen LogP contribution in [0.15, 0.2) is 22.9 Å². The second-order valence-corrected chi connectivity index (χ2v) is 5.68. The van der Waals surface area contributed by atoms with Crippen molar-refractivity contribution in [2.24, 2.45) is 5.73 Å². The van der Waals surface area contributed by atoms with Crippen LogP contribution < -0.4 is 5.73 Å². The van der Waals surface area contributed by atoms with E-state index in [4.69, 9.17) is 11.1 Å². The highest BCUT2D eigenvalue weighted by Gasteiger charge is 2.20. The van der Waals surface area contributed by atoms with Crippen LogP contribution in [0.2, 0.25) is 0 Å². The van der Waals surface area contributed by atoms with Crippen LogP contribution in [0.1, 0.15) is 29.8 Å². The average Bonchev–Trinajstić information content (AvgIpc) is 2.85. The Morgan fingerprint density at radius 3 is 2.85 bits per heavy atom. The maximum Gasteiger partial charge on any atom is 0.162 e. The molecule has 1 heterocycles. The summed E-state index contributed by atoms with van der Waals surface area (Å²) in [6.07, 6.45) is 5.79. The van der Waals surface area contributed by atoms with Crippen molar-refractivity contribution in [3.05, 3.63) is 45.7 Å². The largest absolute Gasteiger partial charge is 0.384 e. The molecule has 2 aromatic rings. The predicted octanol–water partition coefficient (Wildman–Crippen LogP) is 2.94. The molecule has 0 bridgehead atoms. The summed E-state index contributed by atoms with van der Waals surface area (Å²) in [4.78, 5) is 4.38. The van der Waals surface area contributed by atoms with Gasteiger partial charge < -0.3 is 10.3 Å². The number of hydrogen-bond donors (Lipinski definition) is 2. The molecule has 1 aromatic heterocycles. The molecular formula is C14H14BrFN4. The molecule has 1 aliphatic carbocycles. The first kappa shape index (κ1) is 13.3. The van der Waals surface area contributed by atoms with Crippen molar-refractivity contribution in [3.8, 4) is 5.69 Å². The molecule has 0 aliphatic heterocycles. The third kappa shape index (κ3) is 2.04. The Bertz CT molecular complexity index is 693. The molecular weight excluding hydrogens is 323 g/mol. The minimum Gasteiger partial charge on any atom is -0.384 e. The van der Waals surface area contributed by atoms with E-state index in [1.807, 2.05) is 0 Å². The average molecular weight is 337 g/mol. The SMILES string of the molecule is N=C(N)c1ccc(-n2cnc3c2CCCC3)c(F)c1Br. The first-order valence-electron chi connectivity index (χ1n) is 6.47. The summed E-state index contributed by atoms with van der Waals surface area (Å²) in [5.41, 5.74) is 8.37. The van der Waals surface area contributed by atoms with Crippen molar-refractivity contribution in [2.75, 3.05) is 0 Å². The van der Waals surface area contributed by atoms with Gasteiger partial charge in [-0.05, 0) is 53.7 Å². The summed E-state index contributed by atoms with van der Waals surface area (Å²) >= 11 is 3.18. The number of nitrogens with two attached hydrogens (primary N) is 1. The molecule has 20 heavy (non-hydrogen) atoms. The number of halogens is 2. The van der Waals surface area contributed by atoms with E-state index in [0.717, 1.165) is 37.1 Å². The van der Waals surface area contributed by atoms with E-state index in [1.165, 1.54) is 0 Å². The number of hydrogen-bond acceptors (Lipinski definition) is 2. The van der Waals surface area contributed by atoms with Gasteiger partial charge in [-0.2, -0.15) is 0 Å². The summed E-state index contributed by atoms with van der Waals surface area (Å²) in [5, 5.41) is 7.43. The fraction of sp³-hybridized carbons (Fsp3) is 0.286. The number of aryl methyl sites for hydroxylation is 1. The molecule has 0 radical (unpaired) electrons. The number of nitrogens with one attached hydrogen (secondary N) is 1. The van der Waals surface area contributed by atoms with E-state index in [2.05, 4.69) is 20.9 Å². The van der Waals surface area contributed by atoms with Crippen molar-refractivity contribution >= 4 is 21.8 Å². The fourth-order valence-electron chi connectivity index (χ4n) is 2.61. The number of imidazole rings is 1. The second-order valence-electron chi connectivity index (χ2n) is 4.89. The molecule has 1 aliphatic rings. The van der Waals surface area contributed by atoms with Crippen molar-refractivity contribution < 1.29 is 4.39 Å². The van der Waals surface area contributed by atoms with Crippen LogP contribution in [-0.2, 0) is 12.8 Å². The fourth-order valence-corrected chi connectivity index (χ4v) is 3.16. The van der Waals surface area contributed by atoms with Crippen molar-refractivity contribution in [3.63, 3.8) is 0 Å². The zero-order chi connectivity index (χ0) is 14.3. The highest BCUT2D eigenvalue weighted by atomic mass is 79.9. The summed E-state index contributed by atoms with van der Waals surface area (Å²) in [5.74, 6) is -0.571. The topological polar surface area (TPSA) is 67.7 Å². The van der Waals surface area contributed by atoms with Crippen LogP contribution in [-0.4, -0.2) is 15.4 Å². The zero-order valence-corrected chi connectivity index (χ0v) is 12.4. The number of nitrogen functional groups attached to an aromatic ring is 1. The van der Waals surface area contributed by atoms with Crippen LogP contribution >= 0.6 is 15.9 Å². The van der Waals surface area contributed by atoms with Crippen LogP contribution in [0.4, 0.5) is 4.39 Å².